The SMILES string of the molecule is COCCCN1CCOc2ccc(CO[C@H]3CN(C(=O)O)[C@@H](CN(C)C(=O)CO)C[C@@H]3c3ccc(COCCOC)cc3)cc21. The van der Waals surface area contributed by atoms with Gasteiger partial charge < -0.3 is 48.6 Å². The van der Waals surface area contributed by atoms with E-state index < -0.39 is 30.8 Å². The molecule has 2 N–H and O–H groups in total. The average Bonchev–Trinajstić information content (AvgIpc) is 3.05. The predicted octanol–water partition coefficient (Wildman–Crippen LogP) is 2.96. The summed E-state index contributed by atoms with van der Waals surface area (Å²) in [4.78, 5) is 29.6. The first kappa shape index (κ1) is 34.5. The van der Waals surface area contributed by atoms with Crippen LogP contribution in [0.5, 0.6) is 5.75 Å². The second-order valence-electron chi connectivity index (χ2n) is 11.5. The lowest BCUT2D eigenvalue weighted by molar-refractivity contribution is -0.134. The maximum atomic E-state index is 12.4. The number of carbonyl (C=O) groups excluding carboxylic acids is 1. The lowest BCUT2D eigenvalue weighted by atomic mass is 9.82. The van der Waals surface area contributed by atoms with Crippen LogP contribution in [0.4, 0.5) is 10.5 Å². The molecule has 0 aliphatic carbocycles. The first-order valence-electron chi connectivity index (χ1n) is 15.5. The number of likely N-dealkylation sites (tertiary alicyclic amines) is 1. The van der Waals surface area contributed by atoms with Crippen molar-refractivity contribution in [3.05, 3.63) is 59.2 Å². The van der Waals surface area contributed by atoms with Crippen molar-refractivity contribution in [1.82, 2.24) is 9.80 Å². The number of nitrogens with zero attached hydrogens (tertiary/aromatic N) is 3. The topological polar surface area (TPSA) is 130 Å². The largest absolute Gasteiger partial charge is 0.490 e. The van der Waals surface area contributed by atoms with E-state index in [4.69, 9.17) is 23.7 Å². The Hall–Kier alpha value is -3.42. The number of benzene rings is 2. The molecule has 45 heavy (non-hydrogen) atoms. The Balaban J connectivity index is 1.53. The molecule has 12 heteroatoms. The van der Waals surface area contributed by atoms with E-state index in [0.717, 1.165) is 47.6 Å². The molecule has 1 fully saturated rings. The summed E-state index contributed by atoms with van der Waals surface area (Å²) in [6, 6.07) is 13.7. The van der Waals surface area contributed by atoms with Crippen LogP contribution in [0.15, 0.2) is 42.5 Å². The molecule has 2 aliphatic heterocycles. The molecule has 2 aromatic carbocycles. The fraction of sp³-hybridized carbons (Fsp3) is 0.576. The summed E-state index contributed by atoms with van der Waals surface area (Å²) in [7, 11) is 4.91. The Labute approximate surface area is 265 Å². The van der Waals surface area contributed by atoms with E-state index in [1.165, 1.54) is 9.80 Å². The Bertz CT molecular complexity index is 1230. The zero-order valence-electron chi connectivity index (χ0n) is 26.6. The Morgan fingerprint density at radius 3 is 2.49 bits per heavy atom. The van der Waals surface area contributed by atoms with Gasteiger partial charge in [-0.1, -0.05) is 30.3 Å². The molecule has 3 atom stereocenters. The highest BCUT2D eigenvalue weighted by Gasteiger charge is 2.40. The Kier molecular flexibility index (Phi) is 13.3. The van der Waals surface area contributed by atoms with Gasteiger partial charge in [0.15, 0.2) is 0 Å². The Morgan fingerprint density at radius 2 is 1.78 bits per heavy atom. The molecule has 0 saturated carbocycles. The van der Waals surface area contributed by atoms with Gasteiger partial charge in [0, 0.05) is 46.9 Å². The molecule has 1 saturated heterocycles. The summed E-state index contributed by atoms with van der Waals surface area (Å²) in [6.07, 6.45) is -0.137. The molecular formula is C33H47N3O9. The molecule has 12 nitrogen and oxygen atoms in total. The number of carbonyl (C=O) groups is 2. The minimum Gasteiger partial charge on any atom is -0.490 e. The van der Waals surface area contributed by atoms with Crippen LogP contribution < -0.4 is 9.64 Å². The molecule has 0 unspecified atom stereocenters. The van der Waals surface area contributed by atoms with Gasteiger partial charge in [0.05, 0.1) is 57.4 Å². The number of aliphatic hydroxyl groups excluding tert-OH is 1. The van der Waals surface area contributed by atoms with Gasteiger partial charge in [-0.3, -0.25) is 4.79 Å². The van der Waals surface area contributed by atoms with E-state index in [9.17, 15) is 19.8 Å². The average molecular weight is 630 g/mol. The fourth-order valence-electron chi connectivity index (χ4n) is 5.94. The van der Waals surface area contributed by atoms with Gasteiger partial charge in [-0.25, -0.2) is 4.79 Å². The number of aliphatic hydroxyl groups is 1. The highest BCUT2D eigenvalue weighted by atomic mass is 16.5. The predicted molar refractivity (Wildman–Crippen MR) is 168 cm³/mol. The van der Waals surface area contributed by atoms with Crippen LogP contribution in [-0.4, -0.2) is 125 Å². The number of anilines is 1. The fourth-order valence-corrected chi connectivity index (χ4v) is 5.94. The molecule has 4 rings (SSSR count). The molecule has 0 radical (unpaired) electrons. The van der Waals surface area contributed by atoms with Crippen LogP contribution in [0.1, 0.15) is 35.4 Å². The number of hydrogen-bond acceptors (Lipinski definition) is 9. The number of fused-ring (bicyclic) bond motifs is 1. The summed E-state index contributed by atoms with van der Waals surface area (Å²) in [5.74, 6) is 0.254. The van der Waals surface area contributed by atoms with E-state index in [2.05, 4.69) is 11.0 Å². The third kappa shape index (κ3) is 9.54. The zero-order valence-corrected chi connectivity index (χ0v) is 26.6. The van der Waals surface area contributed by atoms with Crippen LogP contribution in [0.3, 0.4) is 0 Å². The molecule has 2 aliphatic rings. The van der Waals surface area contributed by atoms with Crippen LogP contribution >= 0.6 is 0 Å². The van der Waals surface area contributed by atoms with E-state index >= 15 is 0 Å². The lowest BCUT2D eigenvalue weighted by Crippen LogP contribution is -2.56. The quantitative estimate of drug-likeness (QED) is 0.267. The minimum absolute atomic E-state index is 0.127. The van der Waals surface area contributed by atoms with Crippen molar-refractivity contribution in [1.29, 1.82) is 0 Å². The third-order valence-electron chi connectivity index (χ3n) is 8.42. The zero-order chi connectivity index (χ0) is 32.2. The van der Waals surface area contributed by atoms with Crippen LogP contribution in [0.2, 0.25) is 0 Å². The monoisotopic (exact) mass is 629 g/mol. The number of methoxy groups -OCH3 is 2. The van der Waals surface area contributed by atoms with Crippen molar-refractivity contribution >= 4 is 17.7 Å². The highest BCUT2D eigenvalue weighted by Crippen LogP contribution is 2.36. The molecule has 2 aromatic rings. The van der Waals surface area contributed by atoms with Crippen LogP contribution in [0, 0.1) is 0 Å². The third-order valence-corrected chi connectivity index (χ3v) is 8.42. The maximum Gasteiger partial charge on any atom is 0.407 e. The first-order chi connectivity index (χ1) is 21.8. The lowest BCUT2D eigenvalue weighted by Gasteiger charge is -2.44. The van der Waals surface area contributed by atoms with Gasteiger partial charge in [0.2, 0.25) is 5.91 Å². The van der Waals surface area contributed by atoms with E-state index in [1.807, 2.05) is 36.4 Å². The molecular weight excluding hydrogens is 582 g/mol. The highest BCUT2D eigenvalue weighted by molar-refractivity contribution is 5.77. The van der Waals surface area contributed by atoms with Gasteiger partial charge in [0.25, 0.3) is 0 Å². The van der Waals surface area contributed by atoms with Crippen molar-refractivity contribution in [3.63, 3.8) is 0 Å². The normalized spacial score (nSPS) is 19.6. The summed E-state index contributed by atoms with van der Waals surface area (Å²) in [6.45, 7) is 4.43. The molecule has 0 aromatic heterocycles. The Morgan fingerprint density at radius 1 is 1.02 bits per heavy atom. The summed E-state index contributed by atoms with van der Waals surface area (Å²) >= 11 is 0. The minimum atomic E-state index is -1.07. The second-order valence-corrected chi connectivity index (χ2v) is 11.5. The summed E-state index contributed by atoms with van der Waals surface area (Å²) < 4.78 is 28.4. The number of likely N-dealkylation sites (N-methyl/N-ethyl adjacent to an activating group) is 1. The molecule has 0 bridgehead atoms. The summed E-state index contributed by atoms with van der Waals surface area (Å²) in [5.41, 5.74) is 4.03. The van der Waals surface area contributed by atoms with Gasteiger partial charge in [-0.15, -0.1) is 0 Å². The second kappa shape index (κ2) is 17.3. The number of carboxylic acid groups (broad SMARTS) is 1. The van der Waals surface area contributed by atoms with Crippen LogP contribution in [0.25, 0.3) is 0 Å². The van der Waals surface area contributed by atoms with Gasteiger partial charge in [-0.2, -0.15) is 0 Å². The number of amides is 2. The molecule has 0 spiro atoms. The smallest absolute Gasteiger partial charge is 0.407 e. The van der Waals surface area contributed by atoms with E-state index in [0.29, 0.717) is 46.1 Å². The maximum absolute atomic E-state index is 12.4. The van der Waals surface area contributed by atoms with Gasteiger partial charge in [0.1, 0.15) is 19.0 Å². The summed E-state index contributed by atoms with van der Waals surface area (Å²) in [5, 5.41) is 19.5. The molecule has 2 heterocycles. The van der Waals surface area contributed by atoms with Crippen molar-refractivity contribution in [3.8, 4) is 5.75 Å². The van der Waals surface area contributed by atoms with E-state index in [1.54, 1.807) is 21.3 Å². The number of rotatable bonds is 16. The number of piperidine rings is 1. The number of ether oxygens (including phenoxy) is 5. The van der Waals surface area contributed by atoms with Crippen molar-refractivity contribution in [2.75, 3.05) is 85.4 Å². The standard InChI is InChI=1S/C33H47N3O9/c1-34(32(38)21-37)19-27-18-28(26-8-5-24(6-9-26)22-43-16-15-42-3)31(20-36(27)33(39)40)45-23-25-7-10-30-29(17-25)35(12-14-44-30)11-4-13-41-2/h5-10,17,27-28,31,37H,4,11-16,18-23H2,1-3H3,(H,39,40)/t27-,28-,31+/m1/s1. The van der Waals surface area contributed by atoms with E-state index in [-0.39, 0.29) is 19.0 Å². The van der Waals surface area contributed by atoms with Gasteiger partial charge in [-0.05, 0) is 41.7 Å². The van der Waals surface area contributed by atoms with Crippen molar-refractivity contribution in [2.45, 2.75) is 44.1 Å². The van der Waals surface area contributed by atoms with Crippen molar-refractivity contribution in [2.24, 2.45) is 0 Å². The van der Waals surface area contributed by atoms with Gasteiger partial charge >= 0.3 is 6.09 Å². The molecule has 248 valence electrons. The van der Waals surface area contributed by atoms with Crippen molar-refractivity contribution < 1.29 is 43.5 Å². The molecule has 2 amide bonds. The number of hydrogen-bond donors (Lipinski definition) is 2. The first-order valence-corrected chi connectivity index (χ1v) is 15.5. The van der Waals surface area contributed by atoms with Crippen LogP contribution in [-0.2, 0) is 37.0 Å².